The topological polar surface area (TPSA) is 31.4 Å². The van der Waals surface area contributed by atoms with Crippen molar-refractivity contribution < 1.29 is 7.58 Å². The number of nitrogens with zero attached hydrogens (tertiary/aromatic N) is 1. The number of pyridine rings is 1. The van der Waals surface area contributed by atoms with Crippen LogP contribution in [0.25, 0.3) is 0 Å². The Morgan fingerprint density at radius 3 is 3.07 bits per heavy atom. The number of hydrogen-bond acceptors (Lipinski definition) is 3. The fourth-order valence-corrected chi connectivity index (χ4v) is 3.52. The summed E-state index contributed by atoms with van der Waals surface area (Å²) in [5.41, 5.74) is 2.15. The normalized spacial score (nSPS) is 21.6. The molecule has 1 aliphatic rings. The monoisotopic (exact) mass is 207 g/mol. The summed E-state index contributed by atoms with van der Waals surface area (Å²) in [6.07, 6.45) is 0.275. The molecule has 0 bridgehead atoms. The first-order valence-electron chi connectivity index (χ1n) is 4.93. The van der Waals surface area contributed by atoms with Crippen molar-refractivity contribution in [1.82, 2.24) is 4.98 Å². The Kier molecular flexibility index (Phi) is 3.20. The van der Waals surface area contributed by atoms with E-state index >= 15 is 0 Å². The first-order chi connectivity index (χ1) is 6.74. The molecule has 1 atom stereocenters. The predicted octanol–water partition coefficient (Wildman–Crippen LogP) is 1.40. The van der Waals surface area contributed by atoms with Crippen LogP contribution in [0.3, 0.4) is 0 Å². The highest BCUT2D eigenvalue weighted by Gasteiger charge is 2.34. The summed E-state index contributed by atoms with van der Waals surface area (Å²) in [5, 5.41) is 0.881. The van der Waals surface area contributed by atoms with E-state index in [1.165, 1.54) is 0 Å². The zero-order valence-corrected chi connectivity index (χ0v) is 9.72. The Balaban J connectivity index is 1.97. The van der Waals surface area contributed by atoms with Gasteiger partial charge in [-0.3, -0.25) is 4.98 Å². The van der Waals surface area contributed by atoms with Crippen molar-refractivity contribution in [1.29, 1.82) is 0 Å². The van der Waals surface area contributed by atoms with Gasteiger partial charge in [0.2, 0.25) is 0 Å². The third kappa shape index (κ3) is 2.55. The molecule has 2 rings (SSSR count). The van der Waals surface area contributed by atoms with Crippen LogP contribution in [0, 0.1) is 6.92 Å². The lowest BCUT2D eigenvalue weighted by molar-refractivity contribution is 0.256. The zero-order chi connectivity index (χ0) is 9.97. The summed E-state index contributed by atoms with van der Waals surface area (Å²) >= 11 is -1.45. The smallest absolute Gasteiger partial charge is 0.476 e. The third-order valence-electron chi connectivity index (χ3n) is 2.22. The molecule has 0 amide bonds. The Bertz CT molecular complexity index is 319. The molecular formula is C10H14AlNO2. The highest BCUT2D eigenvalue weighted by molar-refractivity contribution is 6.44. The molecule has 14 heavy (non-hydrogen) atoms. The molecule has 1 aliphatic heterocycles. The Morgan fingerprint density at radius 2 is 2.43 bits per heavy atom. The van der Waals surface area contributed by atoms with Gasteiger partial charge in [-0.05, 0) is 26.0 Å². The summed E-state index contributed by atoms with van der Waals surface area (Å²) in [5.74, 6) is 0. The second-order valence-corrected chi connectivity index (χ2v) is 5.56. The van der Waals surface area contributed by atoms with Gasteiger partial charge in [-0.15, -0.1) is 0 Å². The van der Waals surface area contributed by atoms with E-state index in [4.69, 9.17) is 7.58 Å². The lowest BCUT2D eigenvalue weighted by atomic mass is 10.3. The van der Waals surface area contributed by atoms with Crippen LogP contribution < -0.4 is 0 Å². The van der Waals surface area contributed by atoms with Crippen molar-refractivity contribution >= 4 is 14.8 Å². The van der Waals surface area contributed by atoms with Gasteiger partial charge in [0.25, 0.3) is 0 Å². The van der Waals surface area contributed by atoms with Gasteiger partial charge in [0.15, 0.2) is 0 Å². The second-order valence-electron chi connectivity index (χ2n) is 3.68. The summed E-state index contributed by atoms with van der Waals surface area (Å²) < 4.78 is 11.3. The van der Waals surface area contributed by atoms with E-state index in [1.54, 1.807) is 0 Å². The maximum atomic E-state index is 5.68. The van der Waals surface area contributed by atoms with Gasteiger partial charge >= 0.3 is 14.8 Å². The second kappa shape index (κ2) is 4.42. The van der Waals surface area contributed by atoms with Crippen molar-refractivity contribution in [2.24, 2.45) is 0 Å². The number of hydrogen-bond donors (Lipinski definition) is 0. The molecule has 0 radical (unpaired) electrons. The summed E-state index contributed by atoms with van der Waals surface area (Å²) in [7, 11) is 0. The molecule has 1 aromatic heterocycles. The zero-order valence-electron chi connectivity index (χ0n) is 8.56. The Hall–Kier alpha value is -0.398. The minimum Gasteiger partial charge on any atom is -0.476 e. The molecule has 3 nitrogen and oxygen atoms in total. The molecule has 0 N–H and O–H groups in total. The van der Waals surface area contributed by atoms with Crippen LogP contribution in [-0.4, -0.2) is 32.5 Å². The minimum atomic E-state index is -1.45. The van der Waals surface area contributed by atoms with Crippen LogP contribution in [0.5, 0.6) is 0 Å². The van der Waals surface area contributed by atoms with Gasteiger partial charge in [-0.2, -0.15) is 0 Å². The van der Waals surface area contributed by atoms with E-state index < -0.39 is 14.8 Å². The average Bonchev–Trinajstić information content (AvgIpc) is 2.51. The Morgan fingerprint density at radius 1 is 1.57 bits per heavy atom. The van der Waals surface area contributed by atoms with Crippen molar-refractivity contribution in [2.45, 2.75) is 25.2 Å². The van der Waals surface area contributed by atoms with Crippen LogP contribution in [0.1, 0.15) is 18.3 Å². The fourth-order valence-electron chi connectivity index (χ4n) is 1.57. The summed E-state index contributed by atoms with van der Waals surface area (Å²) in [6.45, 7) is 4.81. The van der Waals surface area contributed by atoms with Crippen molar-refractivity contribution in [2.75, 3.05) is 6.61 Å². The van der Waals surface area contributed by atoms with Crippen LogP contribution in [0.15, 0.2) is 18.2 Å². The molecule has 1 aromatic rings. The SMILES string of the molecule is Cc1cccc([CH2][Al]2[O]CC(C)[O]2)n1. The first kappa shape index (κ1) is 10.1. The molecule has 0 spiro atoms. The van der Waals surface area contributed by atoms with Crippen molar-refractivity contribution in [3.05, 3.63) is 29.6 Å². The molecule has 1 fully saturated rings. The van der Waals surface area contributed by atoms with Gasteiger partial charge in [0, 0.05) is 29.4 Å². The van der Waals surface area contributed by atoms with E-state index in [2.05, 4.69) is 11.9 Å². The number of aryl methyl sites for hydroxylation is 1. The van der Waals surface area contributed by atoms with Crippen molar-refractivity contribution in [3.8, 4) is 0 Å². The largest absolute Gasteiger partial charge is 0.681 e. The van der Waals surface area contributed by atoms with E-state index in [9.17, 15) is 0 Å². The molecule has 1 unspecified atom stereocenters. The molecule has 0 aromatic carbocycles. The fraction of sp³-hybridized carbons (Fsp3) is 0.500. The number of rotatable bonds is 2. The van der Waals surface area contributed by atoms with E-state index in [0.717, 1.165) is 23.3 Å². The minimum absolute atomic E-state index is 0.275. The molecular weight excluding hydrogens is 193 g/mol. The number of aromatic nitrogens is 1. The van der Waals surface area contributed by atoms with Gasteiger partial charge in [-0.1, -0.05) is 6.07 Å². The van der Waals surface area contributed by atoms with E-state index in [1.807, 2.05) is 25.1 Å². The standard InChI is InChI=1S/C7H8N.C3H6O2.Al/c1-6-4-3-5-7(2)8-6;1-3(5)2-4;/h3-5H,1H2,2H3;3H,2H2,1H3;/q;-2;+2. The molecule has 74 valence electrons. The van der Waals surface area contributed by atoms with Crippen LogP contribution in [0.4, 0.5) is 0 Å². The quantitative estimate of drug-likeness (QED) is 0.687. The highest BCUT2D eigenvalue weighted by atomic mass is 27.2. The maximum absolute atomic E-state index is 5.68. The third-order valence-corrected chi connectivity index (χ3v) is 4.31. The summed E-state index contributed by atoms with van der Waals surface area (Å²) in [4.78, 5) is 4.44. The van der Waals surface area contributed by atoms with Crippen LogP contribution >= 0.6 is 0 Å². The average molecular weight is 207 g/mol. The van der Waals surface area contributed by atoms with Crippen LogP contribution in [-0.2, 0) is 12.9 Å². The Labute approximate surface area is 89.1 Å². The molecule has 4 heteroatoms. The first-order valence-corrected chi connectivity index (χ1v) is 6.69. The summed E-state index contributed by atoms with van der Waals surface area (Å²) in [6, 6.07) is 6.07. The van der Waals surface area contributed by atoms with E-state index in [0.29, 0.717) is 0 Å². The lowest BCUT2D eigenvalue weighted by Gasteiger charge is -2.03. The van der Waals surface area contributed by atoms with Crippen molar-refractivity contribution in [3.63, 3.8) is 0 Å². The van der Waals surface area contributed by atoms with Crippen LogP contribution in [0.2, 0.25) is 0 Å². The highest BCUT2D eigenvalue weighted by Crippen LogP contribution is 2.11. The van der Waals surface area contributed by atoms with Gasteiger partial charge < -0.3 is 7.58 Å². The lowest BCUT2D eigenvalue weighted by Crippen LogP contribution is -2.20. The molecule has 0 saturated carbocycles. The maximum Gasteiger partial charge on any atom is 0.681 e. The molecule has 0 aliphatic carbocycles. The molecule has 1 saturated heterocycles. The predicted molar refractivity (Wildman–Crippen MR) is 54.9 cm³/mol. The van der Waals surface area contributed by atoms with Gasteiger partial charge in [0.05, 0.1) is 0 Å². The van der Waals surface area contributed by atoms with Gasteiger partial charge in [0.1, 0.15) is 0 Å². The van der Waals surface area contributed by atoms with Gasteiger partial charge in [-0.25, -0.2) is 0 Å². The molecule has 2 heterocycles. The van der Waals surface area contributed by atoms with E-state index in [-0.39, 0.29) is 6.10 Å².